The highest BCUT2D eigenvalue weighted by atomic mass is 15.2. The molecule has 0 aliphatic heterocycles. The molecule has 0 bridgehead atoms. The number of rotatable bonds is 8. The van der Waals surface area contributed by atoms with Gasteiger partial charge < -0.3 is 10.2 Å². The topological polar surface area (TPSA) is 42.3 Å². The predicted molar refractivity (Wildman–Crippen MR) is 72.9 cm³/mol. The highest BCUT2D eigenvalue weighted by molar-refractivity contribution is 5.05. The lowest BCUT2D eigenvalue weighted by Gasteiger charge is -2.32. The van der Waals surface area contributed by atoms with Crippen LogP contribution in [0, 0.1) is 17.2 Å². The molecule has 0 rings (SSSR count). The van der Waals surface area contributed by atoms with E-state index in [9.17, 15) is 5.26 Å². The standard InChI is InChI=1S/C13H28N4/c1-12(2)9-17(8-7-16(5)6)11-13(3,10-14)15-4/h12,15H,7-9,11H2,1-6H3. The van der Waals surface area contributed by atoms with Gasteiger partial charge in [0, 0.05) is 26.2 Å². The van der Waals surface area contributed by atoms with E-state index in [-0.39, 0.29) is 0 Å². The van der Waals surface area contributed by atoms with Crippen LogP contribution in [0.1, 0.15) is 20.8 Å². The first kappa shape index (κ1) is 16.4. The Balaban J connectivity index is 4.42. The molecule has 0 fully saturated rings. The first-order valence-electron chi connectivity index (χ1n) is 6.30. The first-order valence-corrected chi connectivity index (χ1v) is 6.30. The summed E-state index contributed by atoms with van der Waals surface area (Å²) in [6.45, 7) is 10.2. The summed E-state index contributed by atoms with van der Waals surface area (Å²) in [5, 5.41) is 12.3. The molecule has 100 valence electrons. The van der Waals surface area contributed by atoms with Crippen molar-refractivity contribution in [1.29, 1.82) is 5.26 Å². The van der Waals surface area contributed by atoms with Gasteiger partial charge in [-0.3, -0.25) is 4.90 Å². The summed E-state index contributed by atoms with van der Waals surface area (Å²) in [6, 6.07) is 2.35. The summed E-state index contributed by atoms with van der Waals surface area (Å²) < 4.78 is 0. The van der Waals surface area contributed by atoms with Gasteiger partial charge in [-0.05, 0) is 34.0 Å². The Labute approximate surface area is 107 Å². The second kappa shape index (κ2) is 7.65. The molecule has 0 saturated heterocycles. The largest absolute Gasteiger partial charge is 0.308 e. The van der Waals surface area contributed by atoms with Crippen LogP contribution in [-0.2, 0) is 0 Å². The number of hydrogen-bond donors (Lipinski definition) is 1. The molecule has 0 aromatic rings. The molecule has 0 aliphatic rings. The molecule has 4 nitrogen and oxygen atoms in total. The quantitative estimate of drug-likeness (QED) is 0.687. The fourth-order valence-corrected chi connectivity index (χ4v) is 1.71. The molecule has 0 aromatic carbocycles. The summed E-state index contributed by atoms with van der Waals surface area (Å²) in [5.74, 6) is 0.622. The minimum absolute atomic E-state index is 0.457. The molecule has 1 atom stereocenters. The average molecular weight is 240 g/mol. The molecular formula is C13H28N4. The normalized spacial score (nSPS) is 15.3. The van der Waals surface area contributed by atoms with E-state index in [0.717, 1.165) is 26.2 Å². The van der Waals surface area contributed by atoms with Crippen molar-refractivity contribution in [3.63, 3.8) is 0 Å². The lowest BCUT2D eigenvalue weighted by atomic mass is 10.0. The molecule has 1 N–H and O–H groups in total. The molecule has 0 aromatic heterocycles. The Kier molecular flexibility index (Phi) is 7.37. The van der Waals surface area contributed by atoms with Crippen molar-refractivity contribution in [3.05, 3.63) is 0 Å². The van der Waals surface area contributed by atoms with Gasteiger partial charge in [-0.25, -0.2) is 0 Å². The van der Waals surface area contributed by atoms with E-state index in [1.165, 1.54) is 0 Å². The Morgan fingerprint density at radius 2 is 1.88 bits per heavy atom. The fraction of sp³-hybridized carbons (Fsp3) is 0.923. The van der Waals surface area contributed by atoms with Gasteiger partial charge in [0.25, 0.3) is 0 Å². The summed E-state index contributed by atoms with van der Waals surface area (Å²) >= 11 is 0. The van der Waals surface area contributed by atoms with E-state index in [1.807, 2.05) is 14.0 Å². The SMILES string of the molecule is CNC(C)(C#N)CN(CCN(C)C)CC(C)C. The first-order chi connectivity index (χ1) is 7.83. The van der Waals surface area contributed by atoms with Crippen LogP contribution in [0.5, 0.6) is 0 Å². The minimum atomic E-state index is -0.457. The molecule has 0 heterocycles. The third-order valence-electron chi connectivity index (χ3n) is 2.83. The molecule has 0 spiro atoms. The Hall–Kier alpha value is -0.630. The van der Waals surface area contributed by atoms with E-state index in [2.05, 4.69) is 49.1 Å². The zero-order valence-electron chi connectivity index (χ0n) is 12.2. The maximum atomic E-state index is 9.20. The number of nitriles is 1. The maximum Gasteiger partial charge on any atom is 0.116 e. The van der Waals surface area contributed by atoms with Crippen LogP contribution < -0.4 is 5.32 Å². The van der Waals surface area contributed by atoms with Crippen LogP contribution >= 0.6 is 0 Å². The van der Waals surface area contributed by atoms with Crippen molar-refractivity contribution in [3.8, 4) is 6.07 Å². The smallest absolute Gasteiger partial charge is 0.116 e. The van der Waals surface area contributed by atoms with Gasteiger partial charge in [0.1, 0.15) is 5.54 Å². The van der Waals surface area contributed by atoms with Crippen molar-refractivity contribution >= 4 is 0 Å². The highest BCUT2D eigenvalue weighted by Gasteiger charge is 2.25. The monoisotopic (exact) mass is 240 g/mol. The number of nitrogens with one attached hydrogen (secondary N) is 1. The molecule has 0 radical (unpaired) electrons. The maximum absolute atomic E-state index is 9.20. The Morgan fingerprint density at radius 1 is 1.29 bits per heavy atom. The third kappa shape index (κ3) is 7.32. The van der Waals surface area contributed by atoms with Crippen molar-refractivity contribution in [2.75, 3.05) is 47.3 Å². The average Bonchev–Trinajstić information content (AvgIpc) is 2.25. The van der Waals surface area contributed by atoms with Crippen molar-refractivity contribution in [2.45, 2.75) is 26.3 Å². The second-order valence-corrected chi connectivity index (χ2v) is 5.63. The summed E-state index contributed by atoms with van der Waals surface area (Å²) in [7, 11) is 6.01. The van der Waals surface area contributed by atoms with Crippen LogP contribution in [0.2, 0.25) is 0 Å². The zero-order valence-corrected chi connectivity index (χ0v) is 12.2. The Bertz CT molecular complexity index is 244. The van der Waals surface area contributed by atoms with Gasteiger partial charge in [0.15, 0.2) is 0 Å². The third-order valence-corrected chi connectivity index (χ3v) is 2.83. The molecule has 0 saturated carbocycles. The number of likely N-dealkylation sites (N-methyl/N-ethyl adjacent to an activating group) is 2. The summed E-state index contributed by atoms with van der Waals surface area (Å²) in [4.78, 5) is 4.54. The van der Waals surface area contributed by atoms with E-state index >= 15 is 0 Å². The van der Waals surface area contributed by atoms with Crippen molar-refractivity contribution in [2.24, 2.45) is 5.92 Å². The van der Waals surface area contributed by atoms with Crippen molar-refractivity contribution < 1.29 is 0 Å². The van der Waals surface area contributed by atoms with E-state index in [4.69, 9.17) is 0 Å². The van der Waals surface area contributed by atoms with Crippen LogP contribution in [0.3, 0.4) is 0 Å². The molecule has 0 aliphatic carbocycles. The summed E-state index contributed by atoms with van der Waals surface area (Å²) in [6.07, 6.45) is 0. The molecule has 0 amide bonds. The van der Waals surface area contributed by atoms with Gasteiger partial charge in [0.05, 0.1) is 6.07 Å². The predicted octanol–water partition coefficient (Wildman–Crippen LogP) is 1.01. The Morgan fingerprint density at radius 3 is 2.24 bits per heavy atom. The van der Waals surface area contributed by atoms with Gasteiger partial charge in [-0.2, -0.15) is 5.26 Å². The molecule has 1 unspecified atom stereocenters. The number of hydrogen-bond acceptors (Lipinski definition) is 4. The molecule has 17 heavy (non-hydrogen) atoms. The fourth-order valence-electron chi connectivity index (χ4n) is 1.71. The van der Waals surface area contributed by atoms with Gasteiger partial charge in [0.2, 0.25) is 0 Å². The van der Waals surface area contributed by atoms with Crippen LogP contribution in [0.4, 0.5) is 0 Å². The highest BCUT2D eigenvalue weighted by Crippen LogP contribution is 2.07. The van der Waals surface area contributed by atoms with E-state index in [0.29, 0.717) is 5.92 Å². The van der Waals surface area contributed by atoms with Crippen molar-refractivity contribution in [1.82, 2.24) is 15.1 Å². The van der Waals surface area contributed by atoms with Crippen LogP contribution in [0.25, 0.3) is 0 Å². The summed E-state index contributed by atoms with van der Waals surface area (Å²) in [5.41, 5.74) is -0.457. The van der Waals surface area contributed by atoms with Gasteiger partial charge >= 0.3 is 0 Å². The van der Waals surface area contributed by atoms with Crippen LogP contribution in [-0.4, -0.2) is 62.7 Å². The van der Waals surface area contributed by atoms with E-state index < -0.39 is 5.54 Å². The van der Waals surface area contributed by atoms with Crippen LogP contribution in [0.15, 0.2) is 0 Å². The zero-order chi connectivity index (χ0) is 13.5. The lowest BCUT2D eigenvalue weighted by molar-refractivity contribution is 0.186. The molecule has 4 heteroatoms. The van der Waals surface area contributed by atoms with Gasteiger partial charge in [-0.1, -0.05) is 13.8 Å². The molecular weight excluding hydrogens is 212 g/mol. The van der Waals surface area contributed by atoms with E-state index in [1.54, 1.807) is 0 Å². The van der Waals surface area contributed by atoms with Gasteiger partial charge in [-0.15, -0.1) is 0 Å². The second-order valence-electron chi connectivity index (χ2n) is 5.63. The lowest BCUT2D eigenvalue weighted by Crippen LogP contribution is -2.50. The minimum Gasteiger partial charge on any atom is -0.308 e. The number of nitrogens with zero attached hydrogens (tertiary/aromatic N) is 3.